The van der Waals surface area contributed by atoms with Crippen molar-refractivity contribution in [3.8, 4) is 5.75 Å². The monoisotopic (exact) mass is 490 g/mol. The molecule has 1 aliphatic rings. The van der Waals surface area contributed by atoms with Crippen LogP contribution >= 0.6 is 0 Å². The average molecular weight is 491 g/mol. The number of benzene rings is 2. The number of allylic oxidation sites excluding steroid dienone is 2. The molecule has 5 heteroatoms. The highest BCUT2D eigenvalue weighted by molar-refractivity contribution is 5.32. The normalized spacial score (nSPS) is 18.3. The summed E-state index contributed by atoms with van der Waals surface area (Å²) in [5.74, 6) is -2.72. The third-order valence-electron chi connectivity index (χ3n) is 7.03. The van der Waals surface area contributed by atoms with Crippen molar-refractivity contribution in [2.75, 3.05) is 6.61 Å². The molecular formula is C30H38F4O. The van der Waals surface area contributed by atoms with Crippen molar-refractivity contribution in [3.63, 3.8) is 0 Å². The van der Waals surface area contributed by atoms with Crippen LogP contribution in [0.5, 0.6) is 5.75 Å². The third-order valence-corrected chi connectivity index (χ3v) is 7.03. The molecule has 0 radical (unpaired) electrons. The summed E-state index contributed by atoms with van der Waals surface area (Å²) in [7, 11) is 0. The average Bonchev–Trinajstić information content (AvgIpc) is 2.87. The Bertz CT molecular complexity index is 977. The molecule has 0 amide bonds. The summed E-state index contributed by atoms with van der Waals surface area (Å²) in [5.41, 5.74) is 1.33. The van der Waals surface area contributed by atoms with Crippen molar-refractivity contribution in [2.45, 2.75) is 90.4 Å². The van der Waals surface area contributed by atoms with Gasteiger partial charge in [0, 0.05) is 0 Å². The van der Waals surface area contributed by atoms with Crippen LogP contribution in [0.2, 0.25) is 0 Å². The quantitative estimate of drug-likeness (QED) is 0.164. The van der Waals surface area contributed by atoms with E-state index in [1.54, 1.807) is 18.2 Å². The van der Waals surface area contributed by atoms with E-state index in [-0.39, 0.29) is 11.7 Å². The molecule has 0 aliphatic heterocycles. The van der Waals surface area contributed by atoms with Crippen LogP contribution in [0.15, 0.2) is 36.4 Å². The highest BCUT2D eigenvalue weighted by Gasteiger charge is 2.25. The molecule has 2 aromatic rings. The lowest BCUT2D eigenvalue weighted by molar-refractivity contribution is 0.294. The molecule has 1 fully saturated rings. The molecule has 35 heavy (non-hydrogen) atoms. The molecule has 1 nitrogen and oxygen atoms in total. The fourth-order valence-corrected chi connectivity index (χ4v) is 4.92. The molecule has 0 heterocycles. The van der Waals surface area contributed by atoms with Crippen LogP contribution in [-0.4, -0.2) is 6.61 Å². The number of aryl methyl sites for hydroxylation is 2. The second-order valence-corrected chi connectivity index (χ2v) is 9.68. The summed E-state index contributed by atoms with van der Waals surface area (Å²) >= 11 is 0. The number of ether oxygens (including phenoxy) is 1. The van der Waals surface area contributed by atoms with Gasteiger partial charge in [0.2, 0.25) is 5.82 Å². The zero-order valence-corrected chi connectivity index (χ0v) is 21.0. The van der Waals surface area contributed by atoms with Gasteiger partial charge in [0.1, 0.15) is 0 Å². The van der Waals surface area contributed by atoms with E-state index in [4.69, 9.17) is 4.74 Å². The maximum atomic E-state index is 14.8. The molecule has 3 rings (SSSR count). The first-order valence-corrected chi connectivity index (χ1v) is 13.2. The van der Waals surface area contributed by atoms with Crippen molar-refractivity contribution in [1.82, 2.24) is 0 Å². The Morgan fingerprint density at radius 2 is 1.46 bits per heavy atom. The molecule has 0 N–H and O–H groups in total. The van der Waals surface area contributed by atoms with Gasteiger partial charge in [-0.1, -0.05) is 57.0 Å². The van der Waals surface area contributed by atoms with Crippen LogP contribution in [-0.2, 0) is 12.8 Å². The van der Waals surface area contributed by atoms with E-state index in [1.807, 2.05) is 13.0 Å². The Hall–Kier alpha value is -2.30. The van der Waals surface area contributed by atoms with Crippen LogP contribution in [0.4, 0.5) is 17.6 Å². The lowest BCUT2D eigenvalue weighted by atomic mass is 9.78. The summed E-state index contributed by atoms with van der Waals surface area (Å²) < 4.78 is 63.0. The molecule has 1 saturated carbocycles. The number of hydrogen-bond donors (Lipinski definition) is 0. The number of halogens is 4. The minimum absolute atomic E-state index is 0.0390. The van der Waals surface area contributed by atoms with Gasteiger partial charge < -0.3 is 4.74 Å². The predicted molar refractivity (Wildman–Crippen MR) is 134 cm³/mol. The van der Waals surface area contributed by atoms with Gasteiger partial charge in [-0.15, -0.1) is 0 Å². The fourth-order valence-electron chi connectivity index (χ4n) is 4.92. The van der Waals surface area contributed by atoms with Gasteiger partial charge in [-0.05, 0) is 92.4 Å². The largest absolute Gasteiger partial charge is 0.490 e. The standard InChI is InChI=1S/C30H38F4O/c1-3-5-6-10-23-16-18-25(29(33)27(23)31)22-14-12-21(13-15-22)9-7-8-11-24-17-19-26(35-20-4-2)30(34)28(24)32/h7,9,16-19,21-22H,3-6,8,10-15,20H2,1-2H3. The molecular weight excluding hydrogens is 452 g/mol. The summed E-state index contributed by atoms with van der Waals surface area (Å²) in [6.45, 7) is 4.36. The van der Waals surface area contributed by atoms with Crippen LogP contribution in [0.3, 0.4) is 0 Å². The van der Waals surface area contributed by atoms with Crippen molar-refractivity contribution in [3.05, 3.63) is 76.4 Å². The van der Waals surface area contributed by atoms with Crippen molar-refractivity contribution < 1.29 is 22.3 Å². The van der Waals surface area contributed by atoms with Crippen LogP contribution in [0.1, 0.15) is 94.2 Å². The lowest BCUT2D eigenvalue weighted by Crippen LogP contribution is -2.14. The summed E-state index contributed by atoms with van der Waals surface area (Å²) in [6.07, 6.45) is 12.9. The maximum absolute atomic E-state index is 14.8. The number of unbranched alkanes of at least 4 members (excludes halogenated alkanes) is 2. The SMILES string of the molecule is CCCCCc1ccc(C2CCC(C=CCCc3ccc(OCCC)c(F)c3F)CC2)c(F)c1F. The van der Waals surface area contributed by atoms with Crippen molar-refractivity contribution in [2.24, 2.45) is 5.92 Å². The molecule has 2 aromatic carbocycles. The van der Waals surface area contributed by atoms with Gasteiger partial charge in [-0.3, -0.25) is 0 Å². The zero-order valence-electron chi connectivity index (χ0n) is 21.0. The molecule has 0 spiro atoms. The topological polar surface area (TPSA) is 9.23 Å². The Morgan fingerprint density at radius 1 is 0.771 bits per heavy atom. The van der Waals surface area contributed by atoms with E-state index in [2.05, 4.69) is 13.0 Å². The summed E-state index contributed by atoms with van der Waals surface area (Å²) in [6, 6.07) is 6.63. The van der Waals surface area contributed by atoms with Gasteiger partial charge in [0.25, 0.3) is 0 Å². The molecule has 0 saturated heterocycles. The Kier molecular flexibility index (Phi) is 10.7. The fraction of sp³-hybridized carbons (Fsp3) is 0.533. The highest BCUT2D eigenvalue weighted by Crippen LogP contribution is 2.38. The van der Waals surface area contributed by atoms with E-state index in [1.165, 1.54) is 6.07 Å². The van der Waals surface area contributed by atoms with Gasteiger partial charge in [-0.2, -0.15) is 4.39 Å². The van der Waals surface area contributed by atoms with Crippen LogP contribution in [0.25, 0.3) is 0 Å². The van der Waals surface area contributed by atoms with E-state index >= 15 is 0 Å². The maximum Gasteiger partial charge on any atom is 0.200 e. The zero-order chi connectivity index (χ0) is 25.2. The van der Waals surface area contributed by atoms with E-state index < -0.39 is 23.3 Å². The van der Waals surface area contributed by atoms with Gasteiger partial charge in [0.05, 0.1) is 6.61 Å². The van der Waals surface area contributed by atoms with Crippen molar-refractivity contribution in [1.29, 1.82) is 0 Å². The van der Waals surface area contributed by atoms with Gasteiger partial charge >= 0.3 is 0 Å². The van der Waals surface area contributed by atoms with Crippen LogP contribution in [0, 0.1) is 29.2 Å². The molecule has 1 aliphatic carbocycles. The van der Waals surface area contributed by atoms with E-state index in [0.29, 0.717) is 48.5 Å². The van der Waals surface area contributed by atoms with E-state index in [0.717, 1.165) is 51.4 Å². The summed E-state index contributed by atoms with van der Waals surface area (Å²) in [5, 5.41) is 0. The van der Waals surface area contributed by atoms with Crippen LogP contribution < -0.4 is 4.74 Å². The molecule has 0 bridgehead atoms. The Labute approximate surface area is 207 Å². The minimum Gasteiger partial charge on any atom is -0.490 e. The predicted octanol–water partition coefficient (Wildman–Crippen LogP) is 9.23. The second-order valence-electron chi connectivity index (χ2n) is 9.68. The Balaban J connectivity index is 1.48. The minimum atomic E-state index is -0.920. The van der Waals surface area contributed by atoms with Crippen molar-refractivity contribution >= 4 is 0 Å². The lowest BCUT2D eigenvalue weighted by Gasteiger charge is -2.27. The molecule has 0 aromatic heterocycles. The third kappa shape index (κ3) is 7.35. The van der Waals surface area contributed by atoms with Gasteiger partial charge in [-0.25, -0.2) is 13.2 Å². The first-order valence-electron chi connectivity index (χ1n) is 13.2. The molecule has 192 valence electrons. The highest BCUT2D eigenvalue weighted by atomic mass is 19.2. The smallest absolute Gasteiger partial charge is 0.200 e. The molecule has 0 atom stereocenters. The first-order chi connectivity index (χ1) is 17.0. The Morgan fingerprint density at radius 3 is 2.17 bits per heavy atom. The molecule has 0 unspecified atom stereocenters. The van der Waals surface area contributed by atoms with Gasteiger partial charge in [0.15, 0.2) is 23.2 Å². The number of rotatable bonds is 12. The second kappa shape index (κ2) is 13.7. The van der Waals surface area contributed by atoms with E-state index in [9.17, 15) is 17.6 Å². The summed E-state index contributed by atoms with van der Waals surface area (Å²) in [4.78, 5) is 0. The first kappa shape index (κ1) is 27.3. The number of hydrogen-bond acceptors (Lipinski definition) is 1.